The molecule has 0 spiro atoms. The maximum atomic E-state index is 11.7. The van der Waals surface area contributed by atoms with Crippen LogP contribution < -0.4 is 10.5 Å². The van der Waals surface area contributed by atoms with Crippen LogP contribution >= 0.6 is 12.4 Å². The molecular weight excluding hydrogens is 466 g/mol. The second kappa shape index (κ2) is 11.4. The molecular formula is C25H28ClN7O2. The monoisotopic (exact) mass is 493 g/mol. The zero-order valence-corrected chi connectivity index (χ0v) is 20.7. The van der Waals surface area contributed by atoms with Crippen LogP contribution in [0.1, 0.15) is 29.4 Å². The predicted molar refractivity (Wildman–Crippen MR) is 136 cm³/mol. The summed E-state index contributed by atoms with van der Waals surface area (Å²) < 4.78 is 6.19. The largest absolute Gasteiger partial charge is 0.488 e. The van der Waals surface area contributed by atoms with Crippen LogP contribution in [-0.4, -0.2) is 43.1 Å². The molecule has 0 radical (unpaired) electrons. The molecule has 0 saturated heterocycles. The lowest BCUT2D eigenvalue weighted by Gasteiger charge is -2.22. The highest BCUT2D eigenvalue weighted by Gasteiger charge is 2.16. The van der Waals surface area contributed by atoms with E-state index in [4.69, 9.17) is 10.5 Å². The van der Waals surface area contributed by atoms with Gasteiger partial charge in [0.15, 0.2) is 5.82 Å². The standard InChI is InChI=1S/C25H27N7O2.ClH/c1-4-32(25(26)33)14-22-17(3)27-16(2)13-23(22)34-15-18-9-11-19(12-10-18)20-7-5-6-8-21(20)24-28-30-31-29-24;/h5-13H,4,14-15H2,1-3H3,(H2,26,33)(H,28,29,30,31);1H. The molecule has 0 atom stereocenters. The Kier molecular flexibility index (Phi) is 8.38. The number of tetrazole rings is 1. The number of primary amides is 1. The van der Waals surface area contributed by atoms with Gasteiger partial charge in [0.25, 0.3) is 0 Å². The molecule has 0 bridgehead atoms. The number of aryl methyl sites for hydroxylation is 2. The van der Waals surface area contributed by atoms with Crippen molar-refractivity contribution in [3.8, 4) is 28.3 Å². The molecule has 35 heavy (non-hydrogen) atoms. The Morgan fingerprint density at radius 1 is 1.09 bits per heavy atom. The minimum atomic E-state index is -0.467. The van der Waals surface area contributed by atoms with E-state index in [0.717, 1.165) is 39.2 Å². The number of nitrogens with two attached hydrogens (primary N) is 1. The summed E-state index contributed by atoms with van der Waals surface area (Å²) in [5.41, 5.74) is 12.1. The number of benzene rings is 2. The first kappa shape index (κ1) is 25.6. The summed E-state index contributed by atoms with van der Waals surface area (Å²) in [7, 11) is 0. The molecule has 2 aromatic carbocycles. The average Bonchev–Trinajstić information content (AvgIpc) is 3.37. The second-order valence-corrected chi connectivity index (χ2v) is 7.96. The van der Waals surface area contributed by atoms with Crippen LogP contribution in [0.4, 0.5) is 4.79 Å². The van der Waals surface area contributed by atoms with Gasteiger partial charge < -0.3 is 15.4 Å². The summed E-state index contributed by atoms with van der Waals surface area (Å²) in [5.74, 6) is 1.33. The molecule has 0 aliphatic rings. The minimum Gasteiger partial charge on any atom is -0.488 e. The summed E-state index contributed by atoms with van der Waals surface area (Å²) in [5, 5.41) is 14.2. The molecule has 0 unspecified atom stereocenters. The van der Waals surface area contributed by atoms with Crippen molar-refractivity contribution < 1.29 is 9.53 Å². The number of nitrogens with zero attached hydrogens (tertiary/aromatic N) is 5. The number of ether oxygens (including phenoxy) is 1. The molecule has 4 rings (SSSR count). The van der Waals surface area contributed by atoms with E-state index in [1.165, 1.54) is 0 Å². The third kappa shape index (κ3) is 5.93. The second-order valence-electron chi connectivity index (χ2n) is 7.96. The Morgan fingerprint density at radius 2 is 1.80 bits per heavy atom. The fourth-order valence-corrected chi connectivity index (χ4v) is 3.83. The number of pyridine rings is 1. The number of aromatic amines is 1. The van der Waals surface area contributed by atoms with Gasteiger partial charge in [0, 0.05) is 35.1 Å². The Morgan fingerprint density at radius 3 is 2.43 bits per heavy atom. The molecule has 2 heterocycles. The summed E-state index contributed by atoms with van der Waals surface area (Å²) in [6, 6.07) is 17.6. The van der Waals surface area contributed by atoms with Gasteiger partial charge in [-0.1, -0.05) is 48.5 Å². The van der Waals surface area contributed by atoms with Crippen LogP contribution in [0, 0.1) is 13.8 Å². The van der Waals surface area contributed by atoms with Crippen molar-refractivity contribution in [3.05, 3.63) is 77.1 Å². The van der Waals surface area contributed by atoms with E-state index in [2.05, 4.69) is 37.7 Å². The van der Waals surface area contributed by atoms with Gasteiger partial charge >= 0.3 is 6.03 Å². The molecule has 2 amide bonds. The number of rotatable bonds is 8. The molecule has 10 heteroatoms. The normalized spacial score (nSPS) is 10.5. The van der Waals surface area contributed by atoms with Gasteiger partial charge in [-0.25, -0.2) is 9.89 Å². The van der Waals surface area contributed by atoms with Gasteiger partial charge in [-0.2, -0.15) is 0 Å². The zero-order chi connectivity index (χ0) is 24.1. The average molecular weight is 494 g/mol. The summed E-state index contributed by atoms with van der Waals surface area (Å²) >= 11 is 0. The number of H-pyrrole nitrogens is 1. The van der Waals surface area contributed by atoms with Crippen LogP contribution in [0.3, 0.4) is 0 Å². The van der Waals surface area contributed by atoms with Crippen LogP contribution in [0.2, 0.25) is 0 Å². The molecule has 0 saturated carbocycles. The first-order chi connectivity index (χ1) is 16.5. The van der Waals surface area contributed by atoms with Gasteiger partial charge in [0.1, 0.15) is 12.4 Å². The number of urea groups is 1. The summed E-state index contributed by atoms with van der Waals surface area (Å²) in [6.45, 7) is 6.97. The smallest absolute Gasteiger partial charge is 0.315 e. The number of hydrogen-bond acceptors (Lipinski definition) is 6. The molecule has 4 aromatic rings. The lowest BCUT2D eigenvalue weighted by atomic mass is 9.98. The van der Waals surface area contributed by atoms with E-state index in [9.17, 15) is 4.79 Å². The highest BCUT2D eigenvalue weighted by molar-refractivity contribution is 5.85. The van der Waals surface area contributed by atoms with Crippen LogP contribution in [0.5, 0.6) is 5.75 Å². The first-order valence-electron chi connectivity index (χ1n) is 11.0. The number of hydrogen-bond donors (Lipinski definition) is 2. The van der Waals surface area contributed by atoms with Crippen molar-refractivity contribution in [2.24, 2.45) is 5.73 Å². The quantitative estimate of drug-likeness (QED) is 0.374. The number of amides is 2. The van der Waals surface area contributed by atoms with Crippen molar-refractivity contribution >= 4 is 18.4 Å². The third-order valence-electron chi connectivity index (χ3n) is 5.65. The molecule has 0 aliphatic heterocycles. The first-order valence-corrected chi connectivity index (χ1v) is 11.0. The van der Waals surface area contributed by atoms with E-state index >= 15 is 0 Å². The fraction of sp³-hybridized carbons (Fsp3) is 0.240. The van der Waals surface area contributed by atoms with Gasteiger partial charge in [-0.15, -0.1) is 17.5 Å². The van der Waals surface area contributed by atoms with E-state index in [1.807, 2.05) is 63.2 Å². The Bertz CT molecular complexity index is 1280. The molecule has 9 nitrogen and oxygen atoms in total. The van der Waals surface area contributed by atoms with Crippen LogP contribution in [-0.2, 0) is 13.2 Å². The maximum Gasteiger partial charge on any atom is 0.315 e. The zero-order valence-electron chi connectivity index (χ0n) is 19.9. The minimum absolute atomic E-state index is 0. The van der Waals surface area contributed by atoms with Crippen molar-refractivity contribution in [1.82, 2.24) is 30.5 Å². The maximum absolute atomic E-state index is 11.7. The van der Waals surface area contributed by atoms with E-state index in [0.29, 0.717) is 31.3 Å². The Labute approximate surface area is 210 Å². The molecule has 182 valence electrons. The Balaban J connectivity index is 0.00000342. The molecule has 0 aliphatic carbocycles. The third-order valence-corrected chi connectivity index (χ3v) is 5.65. The van der Waals surface area contributed by atoms with Gasteiger partial charge in [0.05, 0.1) is 6.54 Å². The Hall–Kier alpha value is -3.98. The summed E-state index contributed by atoms with van der Waals surface area (Å²) in [4.78, 5) is 17.8. The molecule has 2 aromatic heterocycles. The lowest BCUT2D eigenvalue weighted by molar-refractivity contribution is 0.206. The molecule has 0 fully saturated rings. The lowest BCUT2D eigenvalue weighted by Crippen LogP contribution is -2.35. The van der Waals surface area contributed by atoms with Gasteiger partial charge in [-0.3, -0.25) is 4.98 Å². The van der Waals surface area contributed by atoms with Crippen LogP contribution in [0.15, 0.2) is 54.6 Å². The number of carbonyl (C=O) groups excluding carboxylic acids is 1. The van der Waals surface area contributed by atoms with Crippen molar-refractivity contribution in [2.45, 2.75) is 33.9 Å². The molecule has 3 N–H and O–H groups in total. The van der Waals surface area contributed by atoms with E-state index in [-0.39, 0.29) is 12.4 Å². The van der Waals surface area contributed by atoms with Crippen molar-refractivity contribution in [1.29, 1.82) is 0 Å². The predicted octanol–water partition coefficient (Wildman–Crippen LogP) is 4.45. The van der Waals surface area contributed by atoms with Gasteiger partial charge in [-0.05, 0) is 47.9 Å². The number of halogens is 1. The highest BCUT2D eigenvalue weighted by Crippen LogP contribution is 2.30. The number of nitrogens with one attached hydrogen (secondary N) is 1. The van der Waals surface area contributed by atoms with Crippen LogP contribution in [0.25, 0.3) is 22.5 Å². The van der Waals surface area contributed by atoms with E-state index in [1.54, 1.807) is 4.90 Å². The highest BCUT2D eigenvalue weighted by atomic mass is 35.5. The SMILES string of the molecule is CCN(Cc1c(OCc2ccc(-c3ccccc3-c3nnn[nH]3)cc2)cc(C)nc1C)C(N)=O.Cl. The number of aromatic nitrogens is 5. The number of carbonyl (C=O) groups is 1. The van der Waals surface area contributed by atoms with E-state index < -0.39 is 6.03 Å². The van der Waals surface area contributed by atoms with Crippen molar-refractivity contribution in [3.63, 3.8) is 0 Å². The summed E-state index contributed by atoms with van der Waals surface area (Å²) in [6.07, 6.45) is 0. The van der Waals surface area contributed by atoms with Crippen molar-refractivity contribution in [2.75, 3.05) is 6.54 Å². The fourth-order valence-electron chi connectivity index (χ4n) is 3.83. The van der Waals surface area contributed by atoms with Gasteiger partial charge in [0.2, 0.25) is 0 Å². The topological polar surface area (TPSA) is 123 Å².